The number of rotatable bonds is 10. The number of halogens is 1. The van der Waals surface area contributed by atoms with Crippen molar-refractivity contribution in [1.82, 2.24) is 10.2 Å². The van der Waals surface area contributed by atoms with Gasteiger partial charge < -0.3 is 15.0 Å². The molecule has 3 aromatic carbocycles. The largest absolute Gasteiger partial charge is 0.497 e. The average Bonchev–Trinajstić information content (AvgIpc) is 3.41. The first-order valence-electron chi connectivity index (χ1n) is 12.5. The van der Waals surface area contributed by atoms with Gasteiger partial charge in [-0.2, -0.15) is 0 Å². The highest BCUT2D eigenvalue weighted by Crippen LogP contribution is 2.21. The van der Waals surface area contributed by atoms with E-state index in [0.29, 0.717) is 18.0 Å². The number of nitrogens with one attached hydrogen (secondary N) is 1. The summed E-state index contributed by atoms with van der Waals surface area (Å²) in [7, 11) is 1.62. The van der Waals surface area contributed by atoms with Crippen LogP contribution in [-0.2, 0) is 29.0 Å². The van der Waals surface area contributed by atoms with Gasteiger partial charge in [0.2, 0.25) is 11.8 Å². The summed E-state index contributed by atoms with van der Waals surface area (Å²) >= 11 is 6.10. The summed E-state index contributed by atoms with van der Waals surface area (Å²) in [6, 6.07) is 24.3. The molecule has 0 aliphatic heterocycles. The summed E-state index contributed by atoms with van der Waals surface area (Å²) in [5, 5.41) is 3.87. The second-order valence-electron chi connectivity index (χ2n) is 9.37. The molecule has 0 bridgehead atoms. The van der Waals surface area contributed by atoms with Crippen molar-refractivity contribution in [3.63, 3.8) is 0 Å². The minimum absolute atomic E-state index is 0.0946. The number of hydrogen-bond acceptors (Lipinski definition) is 3. The monoisotopic (exact) mass is 504 g/mol. The number of hydrogen-bond donors (Lipinski definition) is 1. The van der Waals surface area contributed by atoms with Gasteiger partial charge in [0.05, 0.1) is 13.5 Å². The molecule has 6 heteroatoms. The van der Waals surface area contributed by atoms with Gasteiger partial charge in [0.15, 0.2) is 0 Å². The lowest BCUT2D eigenvalue weighted by atomic mass is 10.0. The first-order chi connectivity index (χ1) is 17.5. The molecule has 5 nitrogen and oxygen atoms in total. The molecule has 1 aliphatic carbocycles. The number of nitrogens with zero attached hydrogens (tertiary/aromatic N) is 1. The molecule has 1 saturated carbocycles. The van der Waals surface area contributed by atoms with Crippen LogP contribution in [0.25, 0.3) is 0 Å². The molecule has 3 aromatic rings. The predicted octanol–water partition coefficient (Wildman–Crippen LogP) is 5.59. The lowest BCUT2D eigenvalue weighted by Gasteiger charge is -2.32. The van der Waals surface area contributed by atoms with E-state index < -0.39 is 6.04 Å². The van der Waals surface area contributed by atoms with Gasteiger partial charge >= 0.3 is 0 Å². The van der Waals surface area contributed by atoms with Gasteiger partial charge in [0.25, 0.3) is 0 Å². The Morgan fingerprint density at radius 1 is 0.917 bits per heavy atom. The third-order valence-electron chi connectivity index (χ3n) is 6.75. The van der Waals surface area contributed by atoms with Crippen LogP contribution in [-0.4, -0.2) is 35.9 Å². The Morgan fingerprint density at radius 3 is 2.19 bits per heavy atom. The zero-order valence-corrected chi connectivity index (χ0v) is 21.4. The zero-order chi connectivity index (χ0) is 25.3. The van der Waals surface area contributed by atoms with E-state index in [-0.39, 0.29) is 24.3 Å². The second kappa shape index (κ2) is 12.6. The maximum atomic E-state index is 13.8. The molecule has 1 aliphatic rings. The van der Waals surface area contributed by atoms with E-state index in [0.717, 1.165) is 48.1 Å². The van der Waals surface area contributed by atoms with Crippen LogP contribution in [0.5, 0.6) is 5.75 Å². The van der Waals surface area contributed by atoms with E-state index in [4.69, 9.17) is 16.3 Å². The van der Waals surface area contributed by atoms with E-state index in [2.05, 4.69) is 5.32 Å². The molecule has 1 fully saturated rings. The SMILES string of the molecule is COc1ccc(CC(=O)N(Cc2ccc(Cl)cc2)[C@H](Cc2ccccc2)C(=O)NC2CCCC2)cc1. The van der Waals surface area contributed by atoms with Gasteiger partial charge in [-0.25, -0.2) is 0 Å². The molecule has 1 N–H and O–H groups in total. The number of ether oxygens (including phenoxy) is 1. The predicted molar refractivity (Wildman–Crippen MR) is 143 cm³/mol. The fourth-order valence-corrected chi connectivity index (χ4v) is 4.85. The first kappa shape index (κ1) is 25.8. The molecule has 0 aromatic heterocycles. The van der Waals surface area contributed by atoms with Crippen molar-refractivity contribution in [3.05, 3.63) is 101 Å². The highest BCUT2D eigenvalue weighted by atomic mass is 35.5. The van der Waals surface area contributed by atoms with E-state index in [1.54, 1.807) is 12.0 Å². The number of amides is 2. The molecule has 0 radical (unpaired) electrons. The fraction of sp³-hybridized carbons (Fsp3) is 0.333. The standard InChI is InChI=1S/C30H33ClN2O3/c1-36-27-17-13-23(14-18-27)20-29(34)33(21-24-11-15-25(31)16-12-24)28(19-22-7-3-2-4-8-22)30(35)32-26-9-5-6-10-26/h2-4,7-8,11-18,26,28H,5-6,9-10,19-21H2,1H3,(H,32,35)/t28-/m1/s1. The van der Waals surface area contributed by atoms with Crippen LogP contribution in [0.4, 0.5) is 0 Å². The van der Waals surface area contributed by atoms with Gasteiger partial charge in [0.1, 0.15) is 11.8 Å². The summed E-state index contributed by atoms with van der Waals surface area (Å²) < 4.78 is 5.25. The van der Waals surface area contributed by atoms with Crippen LogP contribution in [0.2, 0.25) is 5.02 Å². The molecule has 0 unspecified atom stereocenters. The second-order valence-corrected chi connectivity index (χ2v) is 9.80. The molecule has 0 saturated heterocycles. The maximum absolute atomic E-state index is 13.8. The van der Waals surface area contributed by atoms with Gasteiger partial charge in [-0.3, -0.25) is 9.59 Å². The van der Waals surface area contributed by atoms with Crippen molar-refractivity contribution >= 4 is 23.4 Å². The number of carbonyl (C=O) groups excluding carboxylic acids is 2. The Kier molecular flexibility index (Phi) is 9.01. The summed E-state index contributed by atoms with van der Waals surface area (Å²) in [4.78, 5) is 29.2. The maximum Gasteiger partial charge on any atom is 0.243 e. The Bertz CT molecular complexity index is 1130. The third kappa shape index (κ3) is 7.11. The summed E-state index contributed by atoms with van der Waals surface area (Å²) in [5.74, 6) is 0.544. The molecule has 188 valence electrons. The smallest absolute Gasteiger partial charge is 0.243 e. The van der Waals surface area contributed by atoms with Crippen molar-refractivity contribution < 1.29 is 14.3 Å². The summed E-state index contributed by atoms with van der Waals surface area (Å²) in [6.45, 7) is 0.321. The Hall–Kier alpha value is -3.31. The highest BCUT2D eigenvalue weighted by Gasteiger charge is 2.32. The van der Waals surface area contributed by atoms with Crippen LogP contribution in [0.1, 0.15) is 42.4 Å². The molecule has 36 heavy (non-hydrogen) atoms. The summed E-state index contributed by atoms with van der Waals surface area (Å²) in [6.07, 6.45) is 4.86. The average molecular weight is 505 g/mol. The zero-order valence-electron chi connectivity index (χ0n) is 20.7. The number of carbonyl (C=O) groups is 2. The van der Waals surface area contributed by atoms with Crippen LogP contribution >= 0.6 is 11.6 Å². The van der Waals surface area contributed by atoms with Gasteiger partial charge in [-0.1, -0.05) is 79.0 Å². The Morgan fingerprint density at radius 2 is 1.56 bits per heavy atom. The Balaban J connectivity index is 1.64. The minimum Gasteiger partial charge on any atom is -0.497 e. The van der Waals surface area contributed by atoms with E-state index in [9.17, 15) is 9.59 Å². The normalized spacial score (nSPS) is 14.3. The van der Waals surface area contributed by atoms with Crippen LogP contribution in [0.3, 0.4) is 0 Å². The first-order valence-corrected chi connectivity index (χ1v) is 12.9. The van der Waals surface area contributed by atoms with Gasteiger partial charge in [-0.05, 0) is 53.8 Å². The molecule has 4 rings (SSSR count). The van der Waals surface area contributed by atoms with Gasteiger partial charge in [0, 0.05) is 24.0 Å². The molecule has 1 atom stereocenters. The van der Waals surface area contributed by atoms with Crippen molar-refractivity contribution in [1.29, 1.82) is 0 Å². The lowest BCUT2D eigenvalue weighted by molar-refractivity contribution is -0.141. The fourth-order valence-electron chi connectivity index (χ4n) is 4.73. The van der Waals surface area contributed by atoms with Crippen LogP contribution in [0, 0.1) is 0 Å². The van der Waals surface area contributed by atoms with E-state index in [1.807, 2.05) is 78.9 Å². The molecule has 2 amide bonds. The van der Waals surface area contributed by atoms with E-state index >= 15 is 0 Å². The molecular formula is C30H33ClN2O3. The van der Waals surface area contributed by atoms with Crippen molar-refractivity contribution in [2.45, 2.75) is 57.2 Å². The molecule has 0 heterocycles. The summed E-state index contributed by atoms with van der Waals surface area (Å²) in [5.41, 5.74) is 2.81. The highest BCUT2D eigenvalue weighted by molar-refractivity contribution is 6.30. The third-order valence-corrected chi connectivity index (χ3v) is 7.01. The number of benzene rings is 3. The quantitative estimate of drug-likeness (QED) is 0.391. The van der Waals surface area contributed by atoms with Crippen LogP contribution in [0.15, 0.2) is 78.9 Å². The topological polar surface area (TPSA) is 58.6 Å². The number of methoxy groups -OCH3 is 1. The minimum atomic E-state index is -0.630. The molecule has 0 spiro atoms. The van der Waals surface area contributed by atoms with Crippen molar-refractivity contribution in [2.75, 3.05) is 7.11 Å². The molecular weight excluding hydrogens is 472 g/mol. The van der Waals surface area contributed by atoms with Crippen LogP contribution < -0.4 is 10.1 Å². The van der Waals surface area contributed by atoms with E-state index in [1.165, 1.54) is 0 Å². The van der Waals surface area contributed by atoms with Crippen molar-refractivity contribution in [3.8, 4) is 5.75 Å². The Labute approximate surface area is 218 Å². The van der Waals surface area contributed by atoms with Gasteiger partial charge in [-0.15, -0.1) is 0 Å². The van der Waals surface area contributed by atoms with Crippen molar-refractivity contribution in [2.24, 2.45) is 0 Å². The lowest BCUT2D eigenvalue weighted by Crippen LogP contribution is -2.52.